The van der Waals surface area contributed by atoms with Gasteiger partial charge in [-0.25, -0.2) is 39.9 Å². The minimum Gasteiger partial charge on any atom is -0.261 e. The summed E-state index contributed by atoms with van der Waals surface area (Å²) in [7, 11) is 0. The summed E-state index contributed by atoms with van der Waals surface area (Å²) in [5.74, 6) is 4.69. The van der Waals surface area contributed by atoms with Gasteiger partial charge < -0.3 is 0 Å². The van der Waals surface area contributed by atoms with E-state index in [4.69, 9.17) is 39.9 Å². The van der Waals surface area contributed by atoms with E-state index < -0.39 is 0 Å². The first kappa shape index (κ1) is 66.9. The summed E-state index contributed by atoms with van der Waals surface area (Å²) >= 11 is 0. The Morgan fingerprint density at radius 1 is 0.443 bits per heavy atom. The van der Waals surface area contributed by atoms with Gasteiger partial charge >= 0.3 is 0 Å². The van der Waals surface area contributed by atoms with Crippen molar-refractivity contribution >= 4 is 22.3 Å². The quantitative estimate of drug-likeness (QED) is 0.0872. The fourth-order valence-corrected chi connectivity index (χ4v) is 16.5. The molecule has 0 radical (unpaired) electrons. The topological polar surface area (TPSA) is 116 Å². The van der Waals surface area contributed by atoms with Crippen molar-refractivity contribution in [3.63, 3.8) is 0 Å². The second kappa shape index (κ2) is 27.7. The van der Waals surface area contributed by atoms with E-state index in [1.165, 1.54) is 44.5 Å². The molecule has 0 saturated carbocycles. The monoisotopic (exact) mass is 1370 g/mol. The summed E-state index contributed by atoms with van der Waals surface area (Å²) < 4.78 is 0. The third-order valence-electron chi connectivity index (χ3n) is 21.8. The van der Waals surface area contributed by atoms with Gasteiger partial charge in [-0.05, 0) is 214 Å². The summed E-state index contributed by atoms with van der Waals surface area (Å²) in [6, 6.07) is 72.1. The van der Waals surface area contributed by atoms with Crippen LogP contribution in [0, 0.1) is 19.8 Å². The van der Waals surface area contributed by atoms with Crippen molar-refractivity contribution < 1.29 is 0 Å². The Balaban J connectivity index is 0.692. The molecule has 17 rings (SSSR count). The average molecular weight is 1370 g/mol. The number of nitrogens with zero attached hydrogens (tertiary/aromatic N) is 9. The van der Waals surface area contributed by atoms with Crippen LogP contribution in [-0.2, 0) is 17.3 Å². The maximum atomic E-state index is 5.50. The first-order valence-corrected chi connectivity index (χ1v) is 37.0. The molecule has 0 spiro atoms. The number of allylic oxidation sites excluding steroid dienone is 17. The lowest BCUT2D eigenvalue weighted by atomic mass is 9.72. The van der Waals surface area contributed by atoms with Crippen molar-refractivity contribution in [2.24, 2.45) is 5.92 Å². The van der Waals surface area contributed by atoms with Crippen molar-refractivity contribution in [1.29, 1.82) is 0 Å². The van der Waals surface area contributed by atoms with E-state index in [1.807, 2.05) is 79.9 Å². The summed E-state index contributed by atoms with van der Waals surface area (Å²) in [6.07, 6.45) is 32.4. The van der Waals surface area contributed by atoms with Crippen molar-refractivity contribution in [3.8, 4) is 101 Å². The number of fused-ring (bicyclic) bond motifs is 5. The molecule has 0 aliphatic heterocycles. The molecular formula is C97H81N9. The number of aryl methyl sites for hydroxylation is 2. The average Bonchev–Trinajstić information content (AvgIpc) is 1.57. The van der Waals surface area contributed by atoms with Crippen molar-refractivity contribution in [2.75, 3.05) is 0 Å². The fourth-order valence-electron chi connectivity index (χ4n) is 16.5. The molecule has 9 nitrogen and oxygen atoms in total. The number of hydrogen-bond acceptors (Lipinski definition) is 9. The molecule has 12 aromatic rings. The van der Waals surface area contributed by atoms with Gasteiger partial charge in [0, 0.05) is 79.0 Å². The van der Waals surface area contributed by atoms with Gasteiger partial charge in [0.25, 0.3) is 0 Å². The normalized spacial score (nSPS) is 16.6. The van der Waals surface area contributed by atoms with Gasteiger partial charge in [0.2, 0.25) is 0 Å². The van der Waals surface area contributed by atoms with E-state index in [-0.39, 0.29) is 22.7 Å². The lowest BCUT2D eigenvalue weighted by molar-refractivity contribution is 0.494. The molecule has 2 unspecified atom stereocenters. The van der Waals surface area contributed by atoms with E-state index in [0.29, 0.717) is 40.5 Å². The first-order chi connectivity index (χ1) is 51.7. The van der Waals surface area contributed by atoms with E-state index in [9.17, 15) is 0 Å². The summed E-state index contributed by atoms with van der Waals surface area (Å²) in [6.45, 7) is 20.1. The number of hydrogen-bond donors (Lipinski definition) is 0. The van der Waals surface area contributed by atoms with Gasteiger partial charge in [0.15, 0.2) is 34.9 Å². The van der Waals surface area contributed by atoms with E-state index in [2.05, 4.69) is 259 Å². The maximum Gasteiger partial charge on any atom is 0.164 e. The Labute approximate surface area is 621 Å². The maximum absolute atomic E-state index is 5.50. The Morgan fingerprint density at radius 3 is 1.71 bits per heavy atom. The van der Waals surface area contributed by atoms with E-state index in [0.717, 1.165) is 138 Å². The van der Waals surface area contributed by atoms with E-state index in [1.54, 1.807) is 0 Å². The zero-order valence-corrected chi connectivity index (χ0v) is 61.0. The van der Waals surface area contributed by atoms with Crippen LogP contribution in [0.5, 0.6) is 0 Å². The highest BCUT2D eigenvalue weighted by atomic mass is 15.0. The highest BCUT2D eigenvalue weighted by Crippen LogP contribution is 2.54. The molecule has 9 heteroatoms. The SMILES string of the molecule is C=C(/C=C\C=C/C)c1nc(C2=CCCC=C2)nc(-c2cc(C3=CCC(c4nc(C)cc(CC5CC=CC6=C5C(C)(C)c5ccc(-c7cc(-c8ccc(-c9cccnc9C)cc8)cc(-c8nc(-c9ccccc9)nc(-c9ccccc9)n8)c7)cc56)n4)C=C3)cc(-c3ccc4c(c3)-c3ccccc3C4(C)C)c2)n1. The van der Waals surface area contributed by atoms with Gasteiger partial charge in [-0.15, -0.1) is 0 Å². The van der Waals surface area contributed by atoms with Gasteiger partial charge in [0.1, 0.15) is 5.82 Å². The molecule has 0 bridgehead atoms. The van der Waals surface area contributed by atoms with Gasteiger partial charge in [-0.3, -0.25) is 4.98 Å². The molecule has 5 aliphatic rings. The second-order valence-electron chi connectivity index (χ2n) is 29.6. The van der Waals surface area contributed by atoms with E-state index >= 15 is 0 Å². The summed E-state index contributed by atoms with van der Waals surface area (Å²) in [5, 5.41) is 0. The smallest absolute Gasteiger partial charge is 0.164 e. The molecule has 5 aliphatic carbocycles. The van der Waals surface area contributed by atoms with Crippen LogP contribution >= 0.6 is 0 Å². The second-order valence-corrected chi connectivity index (χ2v) is 29.6. The van der Waals surface area contributed by atoms with Crippen LogP contribution in [0.2, 0.25) is 0 Å². The molecule has 0 amide bonds. The Hall–Kier alpha value is -12.3. The Kier molecular flexibility index (Phi) is 17.5. The van der Waals surface area contributed by atoms with Crippen molar-refractivity contribution in [1.82, 2.24) is 44.9 Å². The van der Waals surface area contributed by atoms with Gasteiger partial charge in [0.05, 0.1) is 0 Å². The zero-order valence-electron chi connectivity index (χ0n) is 61.0. The summed E-state index contributed by atoms with van der Waals surface area (Å²) in [4.78, 5) is 46.4. The Morgan fingerprint density at radius 2 is 1.03 bits per heavy atom. The molecule has 0 N–H and O–H groups in total. The predicted molar refractivity (Wildman–Crippen MR) is 435 cm³/mol. The lowest BCUT2D eigenvalue weighted by Gasteiger charge is -2.32. The lowest BCUT2D eigenvalue weighted by Crippen LogP contribution is -2.25. The fraction of sp³-hybridized carbons (Fsp3) is 0.165. The zero-order chi connectivity index (χ0) is 72.2. The molecular weight excluding hydrogens is 1290 g/mol. The number of rotatable bonds is 16. The molecule has 0 saturated heterocycles. The highest BCUT2D eigenvalue weighted by Gasteiger charge is 2.42. The summed E-state index contributed by atoms with van der Waals surface area (Å²) in [5.41, 5.74) is 29.7. The number of benzene rings is 8. The third kappa shape index (κ3) is 12.8. The first-order valence-electron chi connectivity index (χ1n) is 37.0. The standard InChI is InChI=1S/C97H81N9/c1-9-10-14-25-60(2)89-101-91(66-26-15-11-16-27-66)104-94(102-89)77-53-74(52-75(55-77)70-45-47-86-83(58-70)81-33-21-22-36-85(81)96(86,5)6)64-39-43-69(44-40-64)90-99-61(3)50-79(100-90)57-72-32-23-34-82-84-59-71(46-48-87(84)97(7,8)88(72)82)76-51-73(63-37-41-65(42-38-63)80-35-24-49-98-62(80)4)54-78(56-76)95-105-92(67-28-17-12-18-29-67)103-93(106-95)68-30-19-13-20-31-68/h9-10,12-15,17-31,33-43,45-56,58-59,69,72H,2,11,16,32,44,57H2,1,3-8H3/b10-9-,25-14-. The molecule has 4 aromatic heterocycles. The minimum atomic E-state index is -0.235. The molecule has 4 heterocycles. The van der Waals surface area contributed by atoms with Gasteiger partial charge in [-0.2, -0.15) is 0 Å². The Bertz CT molecular complexity index is 5740. The number of pyridine rings is 1. The molecule has 0 fully saturated rings. The molecule has 2 atom stereocenters. The largest absolute Gasteiger partial charge is 0.261 e. The van der Waals surface area contributed by atoms with Crippen LogP contribution in [0.25, 0.3) is 123 Å². The third-order valence-corrected chi connectivity index (χ3v) is 21.8. The van der Waals surface area contributed by atoms with Crippen LogP contribution in [0.1, 0.15) is 129 Å². The highest BCUT2D eigenvalue weighted by molar-refractivity contribution is 5.92. The van der Waals surface area contributed by atoms with Crippen LogP contribution in [0.4, 0.5) is 0 Å². The predicted octanol–water partition coefficient (Wildman–Crippen LogP) is 23.4. The van der Waals surface area contributed by atoms with Crippen molar-refractivity contribution in [2.45, 2.75) is 97.3 Å². The molecule has 8 aromatic carbocycles. The van der Waals surface area contributed by atoms with Crippen molar-refractivity contribution in [3.05, 3.63) is 354 Å². The van der Waals surface area contributed by atoms with Crippen LogP contribution in [-0.4, -0.2) is 44.9 Å². The van der Waals surface area contributed by atoms with Gasteiger partial charge in [-0.1, -0.05) is 247 Å². The van der Waals surface area contributed by atoms with Crippen LogP contribution in [0.3, 0.4) is 0 Å². The minimum absolute atomic E-state index is 0.0136. The number of aromatic nitrogens is 9. The molecule has 106 heavy (non-hydrogen) atoms. The van der Waals surface area contributed by atoms with Crippen LogP contribution in [0.15, 0.2) is 291 Å². The molecule has 514 valence electrons. The van der Waals surface area contributed by atoms with Crippen LogP contribution < -0.4 is 0 Å².